The average Bonchev–Trinajstić information content (AvgIpc) is 3.64. The van der Waals surface area contributed by atoms with Crippen LogP contribution >= 0.6 is 0 Å². The number of amides is 1. The summed E-state index contributed by atoms with van der Waals surface area (Å²) in [5.74, 6) is 0.691. The molecule has 1 aliphatic heterocycles. The van der Waals surface area contributed by atoms with E-state index in [2.05, 4.69) is 46.6 Å². The molecule has 12 nitrogen and oxygen atoms in total. The Morgan fingerprint density at radius 3 is 2.63 bits per heavy atom. The Morgan fingerprint density at radius 1 is 1.10 bits per heavy atom. The van der Waals surface area contributed by atoms with Gasteiger partial charge in [0.05, 0.1) is 41.6 Å². The number of carbonyl (C=O) groups excluding carboxylic acids is 1. The number of ether oxygens (including phenoxy) is 1. The molecule has 12 heteroatoms. The predicted octanol–water partition coefficient (Wildman–Crippen LogP) is 3.73. The van der Waals surface area contributed by atoms with Crippen LogP contribution in [0.5, 0.6) is 0 Å². The molecule has 1 aliphatic rings. The van der Waals surface area contributed by atoms with E-state index in [1.54, 1.807) is 23.0 Å². The van der Waals surface area contributed by atoms with Crippen LogP contribution in [0.25, 0.3) is 16.9 Å². The Balaban J connectivity index is 1.28. The molecule has 0 atom stereocenters. The number of nitrogens with zero attached hydrogens (tertiary/aromatic N) is 8. The molecule has 1 saturated heterocycles. The Bertz CT molecular complexity index is 1480. The Kier molecular flexibility index (Phi) is 8.41. The van der Waals surface area contributed by atoms with Gasteiger partial charge < -0.3 is 19.5 Å². The van der Waals surface area contributed by atoms with E-state index in [-0.39, 0.29) is 11.3 Å². The second kappa shape index (κ2) is 12.1. The first-order valence-electron chi connectivity index (χ1n) is 13.9. The number of rotatable bonds is 9. The van der Waals surface area contributed by atoms with Crippen LogP contribution in [0, 0.1) is 6.92 Å². The van der Waals surface area contributed by atoms with Crippen molar-refractivity contribution in [3.63, 3.8) is 0 Å². The van der Waals surface area contributed by atoms with Crippen molar-refractivity contribution >= 4 is 17.4 Å². The maximum Gasteiger partial charge on any atom is 0.258 e. The van der Waals surface area contributed by atoms with Crippen LogP contribution in [0.2, 0.25) is 0 Å². The van der Waals surface area contributed by atoms with Crippen molar-refractivity contribution in [2.24, 2.45) is 0 Å². The fourth-order valence-corrected chi connectivity index (χ4v) is 4.58. The lowest BCUT2D eigenvalue weighted by molar-refractivity contribution is 0.102. The fourth-order valence-electron chi connectivity index (χ4n) is 4.58. The van der Waals surface area contributed by atoms with Gasteiger partial charge in [0.15, 0.2) is 5.82 Å². The second-order valence-electron chi connectivity index (χ2n) is 11.1. The van der Waals surface area contributed by atoms with Gasteiger partial charge in [0.1, 0.15) is 11.5 Å². The third-order valence-electron chi connectivity index (χ3n) is 7.07. The highest BCUT2D eigenvalue weighted by Gasteiger charge is 2.22. The summed E-state index contributed by atoms with van der Waals surface area (Å²) in [6.07, 6.45) is 7.03. The summed E-state index contributed by atoms with van der Waals surface area (Å²) in [4.78, 5) is 26.6. The molecule has 0 saturated carbocycles. The maximum absolute atomic E-state index is 13.0. The summed E-state index contributed by atoms with van der Waals surface area (Å²) in [7, 11) is 0. The lowest BCUT2D eigenvalue weighted by Crippen LogP contribution is -2.47. The van der Waals surface area contributed by atoms with Gasteiger partial charge in [-0.15, -0.1) is 5.10 Å². The molecule has 0 aromatic carbocycles. The van der Waals surface area contributed by atoms with Crippen LogP contribution in [0.4, 0.5) is 11.5 Å². The molecule has 0 aliphatic carbocycles. The number of carbonyl (C=O) groups is 1. The minimum atomic E-state index is -0.345. The van der Waals surface area contributed by atoms with Gasteiger partial charge in [-0.3, -0.25) is 19.7 Å². The first-order valence-corrected chi connectivity index (χ1v) is 13.9. The van der Waals surface area contributed by atoms with E-state index in [0.717, 1.165) is 57.2 Å². The van der Waals surface area contributed by atoms with Crippen molar-refractivity contribution in [2.75, 3.05) is 56.2 Å². The predicted molar refractivity (Wildman–Crippen MR) is 155 cm³/mol. The van der Waals surface area contributed by atoms with Crippen molar-refractivity contribution in [2.45, 2.75) is 40.0 Å². The molecule has 1 fully saturated rings. The fraction of sp³-hybridized carbons (Fsp3) is 0.448. The van der Waals surface area contributed by atoms with Crippen LogP contribution in [-0.4, -0.2) is 86.9 Å². The third kappa shape index (κ3) is 6.77. The molecule has 4 aromatic rings. The summed E-state index contributed by atoms with van der Waals surface area (Å²) in [6.45, 7) is 16.2. The molecule has 0 unspecified atom stereocenters. The maximum atomic E-state index is 13.0. The molecular formula is C29H37N9O3. The van der Waals surface area contributed by atoms with E-state index >= 15 is 0 Å². The summed E-state index contributed by atoms with van der Waals surface area (Å²) in [5, 5.41) is 15.5. The highest BCUT2D eigenvalue weighted by atomic mass is 16.5. The van der Waals surface area contributed by atoms with Gasteiger partial charge in [-0.1, -0.05) is 31.1 Å². The van der Waals surface area contributed by atoms with Crippen LogP contribution in [0.15, 0.2) is 47.5 Å². The van der Waals surface area contributed by atoms with Gasteiger partial charge >= 0.3 is 0 Å². The van der Waals surface area contributed by atoms with E-state index in [9.17, 15) is 4.79 Å². The van der Waals surface area contributed by atoms with Gasteiger partial charge in [0.2, 0.25) is 0 Å². The third-order valence-corrected chi connectivity index (χ3v) is 7.07. The molecule has 5 rings (SSSR count). The molecule has 0 bridgehead atoms. The topological polar surface area (TPSA) is 127 Å². The van der Waals surface area contributed by atoms with Crippen molar-refractivity contribution in [3.05, 3.63) is 60.0 Å². The first-order chi connectivity index (χ1) is 19.7. The van der Waals surface area contributed by atoms with Crippen LogP contribution in [-0.2, 0) is 10.2 Å². The summed E-state index contributed by atoms with van der Waals surface area (Å²) >= 11 is 0. The van der Waals surface area contributed by atoms with Crippen LogP contribution < -0.4 is 10.2 Å². The lowest BCUT2D eigenvalue weighted by Gasteiger charge is -2.35. The highest BCUT2D eigenvalue weighted by molar-refractivity contribution is 6.03. The van der Waals surface area contributed by atoms with Crippen LogP contribution in [0.1, 0.15) is 49.5 Å². The van der Waals surface area contributed by atoms with Crippen molar-refractivity contribution in [1.29, 1.82) is 0 Å². The summed E-state index contributed by atoms with van der Waals surface area (Å²) < 4.78 is 12.5. The van der Waals surface area contributed by atoms with Crippen molar-refractivity contribution in [3.8, 4) is 16.9 Å². The number of pyridine rings is 2. The Labute approximate surface area is 239 Å². The Hall–Kier alpha value is -4.16. The van der Waals surface area contributed by atoms with E-state index in [1.165, 1.54) is 6.20 Å². The number of aromatic nitrogens is 6. The molecule has 0 radical (unpaired) electrons. The minimum Gasteiger partial charge on any atom is -0.380 e. The van der Waals surface area contributed by atoms with E-state index in [0.29, 0.717) is 34.2 Å². The van der Waals surface area contributed by atoms with Gasteiger partial charge in [-0.05, 0) is 26.0 Å². The number of nitrogens with one attached hydrogen (secondary N) is 1. The lowest BCUT2D eigenvalue weighted by atomic mass is 9.93. The first kappa shape index (κ1) is 28.4. The van der Waals surface area contributed by atoms with Crippen LogP contribution in [0.3, 0.4) is 0 Å². The number of hydrogen-bond donors (Lipinski definition) is 1. The monoisotopic (exact) mass is 559 g/mol. The molecule has 4 aromatic heterocycles. The molecular weight excluding hydrogens is 522 g/mol. The Morgan fingerprint density at radius 2 is 1.90 bits per heavy atom. The average molecular weight is 560 g/mol. The zero-order chi connectivity index (χ0) is 29.0. The number of anilines is 2. The number of piperazine rings is 1. The largest absolute Gasteiger partial charge is 0.380 e. The number of aryl methyl sites for hydroxylation is 1. The molecule has 5 heterocycles. The smallest absolute Gasteiger partial charge is 0.258 e. The van der Waals surface area contributed by atoms with Crippen molar-refractivity contribution < 1.29 is 14.1 Å². The van der Waals surface area contributed by atoms with E-state index in [1.807, 2.05) is 47.0 Å². The molecule has 216 valence electrons. The molecule has 1 N–H and O–H groups in total. The molecule has 0 spiro atoms. The standard InChI is InChI=1S/C29H37N9O3/c1-6-40-12-11-36-7-9-37(10-8-36)23-13-21(16-30-18-23)24-19-38(35-33-24)25-14-22(17-31-20(25)2)28(39)32-27-15-26(41-34-27)29(3,4)5/h13-19H,6-12H2,1-5H3,(H,32,34,39). The van der Waals surface area contributed by atoms with Gasteiger partial charge in [0, 0.05) is 68.8 Å². The zero-order valence-corrected chi connectivity index (χ0v) is 24.3. The van der Waals surface area contributed by atoms with Crippen molar-refractivity contribution in [1.82, 2.24) is 35.0 Å². The highest BCUT2D eigenvalue weighted by Crippen LogP contribution is 2.26. The normalized spacial score (nSPS) is 14.4. The molecule has 41 heavy (non-hydrogen) atoms. The van der Waals surface area contributed by atoms with Gasteiger partial charge in [-0.25, -0.2) is 4.68 Å². The molecule has 1 amide bonds. The quantitative estimate of drug-likeness (QED) is 0.303. The van der Waals surface area contributed by atoms with E-state index in [4.69, 9.17) is 9.26 Å². The van der Waals surface area contributed by atoms with Gasteiger partial charge in [0.25, 0.3) is 5.91 Å². The minimum absolute atomic E-state index is 0.215. The number of hydrogen-bond acceptors (Lipinski definition) is 10. The van der Waals surface area contributed by atoms with E-state index < -0.39 is 0 Å². The zero-order valence-electron chi connectivity index (χ0n) is 24.3. The van der Waals surface area contributed by atoms with Gasteiger partial charge in [-0.2, -0.15) is 0 Å². The summed E-state index contributed by atoms with van der Waals surface area (Å²) in [5.41, 5.74) is 4.12. The second-order valence-corrected chi connectivity index (χ2v) is 11.1. The SMILES string of the molecule is CCOCCN1CCN(c2cncc(-c3cn(-c4cc(C(=O)Nc5cc(C(C)(C)C)on5)cnc4C)nn3)c2)CC1. The summed E-state index contributed by atoms with van der Waals surface area (Å²) in [6, 6.07) is 5.56.